The molecule has 0 amide bonds. The molecule has 0 aliphatic carbocycles. The normalized spacial score (nSPS) is 18.0. The maximum absolute atomic E-state index is 12.6. The predicted molar refractivity (Wildman–Crippen MR) is 95.1 cm³/mol. The summed E-state index contributed by atoms with van der Waals surface area (Å²) >= 11 is 0. The lowest BCUT2D eigenvalue weighted by atomic mass is 10.3. The molecule has 2 heterocycles. The van der Waals surface area contributed by atoms with Crippen molar-refractivity contribution in [1.82, 2.24) is 4.31 Å². The van der Waals surface area contributed by atoms with Crippen LogP contribution in [0.4, 0.5) is 0 Å². The van der Waals surface area contributed by atoms with Crippen LogP contribution in [0.2, 0.25) is 0 Å². The van der Waals surface area contributed by atoms with E-state index in [1.807, 2.05) is 6.07 Å². The second kappa shape index (κ2) is 8.79. The lowest BCUT2D eigenvalue weighted by molar-refractivity contribution is -0.906. The fraction of sp³-hybridized carbons (Fsp3) is 0.444. The summed E-state index contributed by atoms with van der Waals surface area (Å²) < 4.78 is 37.4. The standard InChI is InChI=1S/C18H24N2O5S/c21-16(14-24-15-17-5-4-12-25-17)13-19-8-10-20(11-9-19)26(22,23)18-6-2-1-3-7-18/h1-7,12,16,21H,8-11,13-15H2/p+1/t16-/m0/s1. The smallest absolute Gasteiger partial charge is 0.243 e. The van der Waals surface area contributed by atoms with Crippen molar-refractivity contribution in [3.05, 3.63) is 54.5 Å². The van der Waals surface area contributed by atoms with E-state index in [9.17, 15) is 13.5 Å². The number of rotatable bonds is 8. The van der Waals surface area contributed by atoms with Gasteiger partial charge < -0.3 is 19.2 Å². The lowest BCUT2D eigenvalue weighted by Gasteiger charge is -2.32. The van der Waals surface area contributed by atoms with Gasteiger partial charge in [0.15, 0.2) is 0 Å². The Morgan fingerprint density at radius 3 is 2.54 bits per heavy atom. The molecule has 1 fully saturated rings. The molecule has 26 heavy (non-hydrogen) atoms. The molecule has 0 spiro atoms. The van der Waals surface area contributed by atoms with E-state index in [-0.39, 0.29) is 6.61 Å². The second-order valence-electron chi connectivity index (χ2n) is 6.42. The van der Waals surface area contributed by atoms with Crippen molar-refractivity contribution in [3.8, 4) is 0 Å². The predicted octanol–water partition coefficient (Wildman–Crippen LogP) is -0.253. The Balaban J connectivity index is 1.42. The van der Waals surface area contributed by atoms with Gasteiger partial charge in [0.2, 0.25) is 10.0 Å². The van der Waals surface area contributed by atoms with Crippen molar-refractivity contribution < 1.29 is 27.6 Å². The number of ether oxygens (including phenoxy) is 1. The van der Waals surface area contributed by atoms with Gasteiger partial charge in [0.05, 0.1) is 43.9 Å². The Hall–Kier alpha value is -1.71. The zero-order chi connectivity index (χ0) is 18.4. The van der Waals surface area contributed by atoms with E-state index in [1.165, 1.54) is 9.21 Å². The first-order valence-corrected chi connectivity index (χ1v) is 10.2. The minimum Gasteiger partial charge on any atom is -0.467 e. The number of aliphatic hydroxyl groups excluding tert-OH is 1. The van der Waals surface area contributed by atoms with Crippen LogP contribution in [0.25, 0.3) is 0 Å². The fourth-order valence-corrected chi connectivity index (χ4v) is 4.53. The maximum Gasteiger partial charge on any atom is 0.243 e. The van der Waals surface area contributed by atoms with E-state index in [4.69, 9.17) is 9.15 Å². The summed E-state index contributed by atoms with van der Waals surface area (Å²) in [4.78, 5) is 1.51. The van der Waals surface area contributed by atoms with E-state index >= 15 is 0 Å². The number of benzene rings is 1. The van der Waals surface area contributed by atoms with Crippen LogP contribution in [0.3, 0.4) is 0 Å². The highest BCUT2D eigenvalue weighted by Crippen LogP contribution is 2.14. The number of nitrogens with one attached hydrogen (secondary N) is 1. The molecule has 1 atom stereocenters. The summed E-state index contributed by atoms with van der Waals surface area (Å²) in [6.45, 7) is 3.35. The molecular formula is C18H25N2O5S+. The number of sulfonamides is 1. The number of furan rings is 1. The molecule has 1 saturated heterocycles. The van der Waals surface area contributed by atoms with Gasteiger partial charge in [-0.25, -0.2) is 8.42 Å². The van der Waals surface area contributed by atoms with Gasteiger partial charge in [-0.1, -0.05) is 18.2 Å². The molecule has 0 radical (unpaired) electrons. The molecule has 8 heteroatoms. The van der Waals surface area contributed by atoms with Gasteiger partial charge in [-0.15, -0.1) is 0 Å². The summed E-state index contributed by atoms with van der Waals surface area (Å²) in [5, 5.41) is 10.1. The fourth-order valence-electron chi connectivity index (χ4n) is 3.07. The third kappa shape index (κ3) is 4.93. The monoisotopic (exact) mass is 381 g/mol. The molecule has 3 rings (SSSR count). The second-order valence-corrected chi connectivity index (χ2v) is 8.36. The van der Waals surface area contributed by atoms with Crippen LogP contribution >= 0.6 is 0 Å². The van der Waals surface area contributed by atoms with Crippen LogP contribution < -0.4 is 4.90 Å². The van der Waals surface area contributed by atoms with Gasteiger partial charge in [-0.2, -0.15) is 4.31 Å². The Labute approximate surface area is 153 Å². The van der Waals surface area contributed by atoms with Crippen LogP contribution in [0.1, 0.15) is 5.76 Å². The number of quaternary nitrogens is 1. The zero-order valence-electron chi connectivity index (χ0n) is 14.6. The highest BCUT2D eigenvalue weighted by Gasteiger charge is 2.30. The Morgan fingerprint density at radius 1 is 1.15 bits per heavy atom. The van der Waals surface area contributed by atoms with E-state index in [2.05, 4.69) is 0 Å². The Morgan fingerprint density at radius 2 is 1.88 bits per heavy atom. The van der Waals surface area contributed by atoms with Gasteiger partial charge in [-0.3, -0.25) is 0 Å². The van der Waals surface area contributed by atoms with Crippen molar-refractivity contribution in [1.29, 1.82) is 0 Å². The molecule has 1 aromatic heterocycles. The third-order valence-electron chi connectivity index (χ3n) is 4.47. The topological polar surface area (TPSA) is 84.4 Å². The van der Waals surface area contributed by atoms with Gasteiger partial charge >= 0.3 is 0 Å². The van der Waals surface area contributed by atoms with E-state index in [0.29, 0.717) is 44.2 Å². The van der Waals surface area contributed by atoms with Gasteiger partial charge in [-0.05, 0) is 24.3 Å². The largest absolute Gasteiger partial charge is 0.467 e. The third-order valence-corrected chi connectivity index (χ3v) is 6.38. The number of nitrogens with zero attached hydrogens (tertiary/aromatic N) is 1. The van der Waals surface area contributed by atoms with Crippen LogP contribution in [0.15, 0.2) is 58.0 Å². The zero-order valence-corrected chi connectivity index (χ0v) is 15.4. The van der Waals surface area contributed by atoms with Crippen molar-refractivity contribution in [2.24, 2.45) is 0 Å². The van der Waals surface area contributed by atoms with E-state index in [0.717, 1.165) is 5.76 Å². The molecule has 0 unspecified atom stereocenters. The first-order chi connectivity index (χ1) is 12.6. The molecule has 0 bridgehead atoms. The summed E-state index contributed by atoms with van der Waals surface area (Å²) in [6.07, 6.45) is 1.000. The lowest BCUT2D eigenvalue weighted by Crippen LogP contribution is -3.15. The molecule has 2 aromatic rings. The molecule has 142 valence electrons. The molecule has 1 aliphatic heterocycles. The Bertz CT molecular complexity index is 756. The first kappa shape index (κ1) is 19.1. The highest BCUT2D eigenvalue weighted by atomic mass is 32.2. The minimum absolute atomic E-state index is 0.232. The number of hydrogen-bond acceptors (Lipinski definition) is 5. The SMILES string of the molecule is O=S(=O)(c1ccccc1)N1CC[NH+](C[C@H](O)COCc2ccco2)CC1. The summed E-state index contributed by atoms with van der Waals surface area (Å²) in [5.74, 6) is 0.726. The van der Waals surface area contributed by atoms with Crippen molar-refractivity contribution in [2.75, 3.05) is 39.3 Å². The number of aliphatic hydroxyl groups is 1. The Kier molecular flexibility index (Phi) is 6.44. The molecule has 1 aliphatic rings. The molecule has 0 saturated carbocycles. The average Bonchev–Trinajstić information content (AvgIpc) is 3.16. The van der Waals surface area contributed by atoms with Crippen LogP contribution in [0, 0.1) is 0 Å². The molecule has 7 nitrogen and oxygen atoms in total. The molecule has 1 aromatic carbocycles. The number of hydrogen-bond donors (Lipinski definition) is 2. The first-order valence-electron chi connectivity index (χ1n) is 8.72. The highest BCUT2D eigenvalue weighted by molar-refractivity contribution is 7.89. The van der Waals surface area contributed by atoms with Gasteiger partial charge in [0.25, 0.3) is 0 Å². The summed E-state index contributed by atoms with van der Waals surface area (Å²) in [7, 11) is -3.43. The van der Waals surface area contributed by atoms with Crippen LogP contribution in [-0.2, 0) is 21.4 Å². The van der Waals surface area contributed by atoms with E-state index < -0.39 is 16.1 Å². The molecule has 2 N–H and O–H groups in total. The summed E-state index contributed by atoms with van der Waals surface area (Å²) in [6, 6.07) is 12.1. The van der Waals surface area contributed by atoms with Crippen molar-refractivity contribution in [2.45, 2.75) is 17.6 Å². The summed E-state index contributed by atoms with van der Waals surface area (Å²) in [5.41, 5.74) is 0. The number of piperazine rings is 1. The van der Waals surface area contributed by atoms with Gasteiger partial charge in [0.1, 0.15) is 25.0 Å². The van der Waals surface area contributed by atoms with Crippen molar-refractivity contribution >= 4 is 10.0 Å². The quantitative estimate of drug-likeness (QED) is 0.659. The van der Waals surface area contributed by atoms with Crippen molar-refractivity contribution in [3.63, 3.8) is 0 Å². The van der Waals surface area contributed by atoms with Crippen LogP contribution in [-0.4, -0.2) is 63.3 Å². The van der Waals surface area contributed by atoms with E-state index in [1.54, 1.807) is 42.7 Å². The van der Waals surface area contributed by atoms with Gasteiger partial charge in [0, 0.05) is 0 Å². The maximum atomic E-state index is 12.6. The average molecular weight is 381 g/mol. The minimum atomic E-state index is -3.43. The van der Waals surface area contributed by atoms with Crippen LogP contribution in [0.5, 0.6) is 0 Å². The molecular weight excluding hydrogens is 356 g/mol.